The molecular formula is C20H22N4O. The van der Waals surface area contributed by atoms with Gasteiger partial charge in [-0.3, -0.25) is 14.8 Å². The molecule has 0 bridgehead atoms. The number of hydrogen-bond acceptors (Lipinski definition) is 3. The Hall–Kier alpha value is -2.95. The summed E-state index contributed by atoms with van der Waals surface area (Å²) >= 11 is 0. The second-order valence-electron chi connectivity index (χ2n) is 5.99. The van der Waals surface area contributed by atoms with Crippen LogP contribution in [-0.4, -0.2) is 27.6 Å². The standard InChI is InChI=1S/C20H22N4O/c1-3-8-16(9-4-2)19-21-20(23-22-19)24-13-12-17(14-18(24)25)15-10-6-5-7-11-15/h3-11,17H,1,12-14H2,2H3,(H,21,22,23)/b9-4-,16-8+. The van der Waals surface area contributed by atoms with Gasteiger partial charge in [0.25, 0.3) is 5.95 Å². The van der Waals surface area contributed by atoms with Crippen LogP contribution in [0, 0.1) is 0 Å². The molecule has 1 aromatic carbocycles. The summed E-state index contributed by atoms with van der Waals surface area (Å²) in [5, 5.41) is 7.15. The Morgan fingerprint density at radius 3 is 2.84 bits per heavy atom. The van der Waals surface area contributed by atoms with Crippen molar-refractivity contribution in [2.24, 2.45) is 0 Å². The minimum atomic E-state index is 0.0611. The monoisotopic (exact) mass is 334 g/mol. The third-order valence-electron chi connectivity index (χ3n) is 4.33. The highest BCUT2D eigenvalue weighted by Gasteiger charge is 2.29. The molecule has 1 saturated heterocycles. The number of nitrogens with one attached hydrogen (secondary N) is 1. The summed E-state index contributed by atoms with van der Waals surface area (Å²) < 4.78 is 0. The topological polar surface area (TPSA) is 61.9 Å². The summed E-state index contributed by atoms with van der Waals surface area (Å²) in [7, 11) is 0. The lowest BCUT2D eigenvalue weighted by atomic mass is 9.89. The predicted octanol–water partition coefficient (Wildman–Crippen LogP) is 3.86. The summed E-state index contributed by atoms with van der Waals surface area (Å²) in [6.07, 6.45) is 8.80. The van der Waals surface area contributed by atoms with Crippen molar-refractivity contribution in [1.29, 1.82) is 0 Å². The molecule has 1 amide bonds. The molecule has 128 valence electrons. The molecule has 3 rings (SSSR count). The van der Waals surface area contributed by atoms with E-state index in [1.54, 1.807) is 11.0 Å². The van der Waals surface area contributed by atoms with Crippen LogP contribution in [0.15, 0.2) is 61.2 Å². The van der Waals surface area contributed by atoms with Gasteiger partial charge in [0.1, 0.15) is 0 Å². The van der Waals surface area contributed by atoms with E-state index in [4.69, 9.17) is 0 Å². The van der Waals surface area contributed by atoms with Crippen LogP contribution in [0.3, 0.4) is 0 Å². The van der Waals surface area contributed by atoms with Gasteiger partial charge >= 0.3 is 0 Å². The van der Waals surface area contributed by atoms with Crippen molar-refractivity contribution in [2.75, 3.05) is 11.4 Å². The average Bonchev–Trinajstić information content (AvgIpc) is 3.12. The van der Waals surface area contributed by atoms with Gasteiger partial charge in [0.2, 0.25) is 5.91 Å². The van der Waals surface area contributed by atoms with Crippen molar-refractivity contribution in [1.82, 2.24) is 15.2 Å². The van der Waals surface area contributed by atoms with E-state index in [1.807, 2.05) is 43.4 Å². The largest absolute Gasteiger partial charge is 0.279 e. The number of benzene rings is 1. The van der Waals surface area contributed by atoms with E-state index >= 15 is 0 Å². The molecule has 1 aromatic heterocycles. The lowest BCUT2D eigenvalue weighted by Crippen LogP contribution is -2.38. The van der Waals surface area contributed by atoms with Gasteiger partial charge in [-0.2, -0.15) is 4.98 Å². The molecule has 1 fully saturated rings. The van der Waals surface area contributed by atoms with Crippen LogP contribution in [-0.2, 0) is 4.79 Å². The zero-order valence-electron chi connectivity index (χ0n) is 14.4. The zero-order valence-corrected chi connectivity index (χ0v) is 14.4. The Morgan fingerprint density at radius 1 is 1.36 bits per heavy atom. The van der Waals surface area contributed by atoms with E-state index in [0.29, 0.717) is 24.7 Å². The highest BCUT2D eigenvalue weighted by Crippen LogP contribution is 2.30. The van der Waals surface area contributed by atoms with Crippen molar-refractivity contribution in [3.05, 3.63) is 72.6 Å². The van der Waals surface area contributed by atoms with Crippen LogP contribution < -0.4 is 4.90 Å². The zero-order chi connectivity index (χ0) is 17.6. The van der Waals surface area contributed by atoms with E-state index in [9.17, 15) is 4.79 Å². The Morgan fingerprint density at radius 2 is 2.16 bits per heavy atom. The maximum absolute atomic E-state index is 12.6. The number of aromatic nitrogens is 3. The molecule has 1 N–H and O–H groups in total. The summed E-state index contributed by atoms with van der Waals surface area (Å²) in [5.41, 5.74) is 2.10. The van der Waals surface area contributed by atoms with Crippen LogP contribution >= 0.6 is 0 Å². The molecule has 1 unspecified atom stereocenters. The third-order valence-corrected chi connectivity index (χ3v) is 4.33. The van der Waals surface area contributed by atoms with E-state index in [-0.39, 0.29) is 11.8 Å². The lowest BCUT2D eigenvalue weighted by molar-refractivity contribution is -0.120. The Kier molecular flexibility index (Phi) is 5.23. The normalized spacial score (nSPS) is 18.8. The summed E-state index contributed by atoms with van der Waals surface area (Å²) in [4.78, 5) is 18.8. The Labute approximate surface area is 147 Å². The second-order valence-corrected chi connectivity index (χ2v) is 5.99. The SMILES string of the molecule is C=C/C=C(\C=C/C)c1nc(N2CCC(c3ccccc3)CC2=O)n[nH]1. The van der Waals surface area contributed by atoms with Gasteiger partial charge in [0, 0.05) is 18.5 Å². The van der Waals surface area contributed by atoms with Crippen LogP contribution in [0.2, 0.25) is 0 Å². The molecule has 25 heavy (non-hydrogen) atoms. The number of rotatable bonds is 5. The number of H-pyrrole nitrogens is 1. The van der Waals surface area contributed by atoms with E-state index in [0.717, 1.165) is 12.0 Å². The van der Waals surface area contributed by atoms with Crippen molar-refractivity contribution < 1.29 is 4.79 Å². The van der Waals surface area contributed by atoms with Gasteiger partial charge in [-0.25, -0.2) is 0 Å². The minimum absolute atomic E-state index is 0.0611. The number of aromatic amines is 1. The molecule has 0 saturated carbocycles. The van der Waals surface area contributed by atoms with Gasteiger partial charge in [-0.05, 0) is 24.8 Å². The molecular weight excluding hydrogens is 312 g/mol. The van der Waals surface area contributed by atoms with Crippen molar-refractivity contribution in [3.8, 4) is 0 Å². The predicted molar refractivity (Wildman–Crippen MR) is 100 cm³/mol. The van der Waals surface area contributed by atoms with Crippen molar-refractivity contribution >= 4 is 17.4 Å². The molecule has 5 nitrogen and oxygen atoms in total. The first-order valence-corrected chi connectivity index (χ1v) is 8.46. The highest BCUT2D eigenvalue weighted by atomic mass is 16.2. The molecule has 2 heterocycles. The highest BCUT2D eigenvalue weighted by molar-refractivity contribution is 5.93. The number of piperidine rings is 1. The van der Waals surface area contributed by atoms with Crippen LogP contribution in [0.1, 0.15) is 37.1 Å². The molecule has 1 aliphatic rings. The van der Waals surface area contributed by atoms with Gasteiger partial charge in [-0.15, -0.1) is 5.10 Å². The smallest absolute Gasteiger partial charge is 0.251 e. The summed E-state index contributed by atoms with van der Waals surface area (Å²) in [6, 6.07) is 10.2. The first-order valence-electron chi connectivity index (χ1n) is 8.46. The van der Waals surface area contributed by atoms with E-state index < -0.39 is 0 Å². The maximum atomic E-state index is 12.6. The first-order chi connectivity index (χ1) is 12.2. The van der Waals surface area contributed by atoms with Crippen LogP contribution in [0.25, 0.3) is 5.57 Å². The number of amides is 1. The van der Waals surface area contributed by atoms with E-state index in [2.05, 4.69) is 33.9 Å². The number of allylic oxidation sites excluding steroid dienone is 5. The number of carbonyl (C=O) groups excluding carboxylic acids is 1. The fraction of sp³-hybridized carbons (Fsp3) is 0.250. The molecule has 0 aliphatic carbocycles. The molecule has 0 radical (unpaired) electrons. The molecule has 1 aliphatic heterocycles. The second kappa shape index (κ2) is 7.75. The van der Waals surface area contributed by atoms with Gasteiger partial charge in [0.05, 0.1) is 0 Å². The van der Waals surface area contributed by atoms with Gasteiger partial charge < -0.3 is 0 Å². The molecule has 1 atom stereocenters. The molecule has 5 heteroatoms. The molecule has 0 spiro atoms. The number of nitrogens with zero attached hydrogens (tertiary/aromatic N) is 3. The fourth-order valence-corrected chi connectivity index (χ4v) is 3.08. The summed E-state index contributed by atoms with van der Waals surface area (Å²) in [5.74, 6) is 1.39. The van der Waals surface area contributed by atoms with E-state index in [1.165, 1.54) is 5.56 Å². The van der Waals surface area contributed by atoms with Crippen LogP contribution in [0.5, 0.6) is 0 Å². The Bertz CT molecular complexity index is 804. The van der Waals surface area contributed by atoms with Gasteiger partial charge in [0.15, 0.2) is 5.82 Å². The van der Waals surface area contributed by atoms with Crippen molar-refractivity contribution in [3.63, 3.8) is 0 Å². The number of hydrogen-bond donors (Lipinski definition) is 1. The summed E-state index contributed by atoms with van der Waals surface area (Å²) in [6.45, 7) is 6.28. The number of anilines is 1. The van der Waals surface area contributed by atoms with Gasteiger partial charge in [-0.1, -0.05) is 61.2 Å². The third kappa shape index (κ3) is 3.76. The van der Waals surface area contributed by atoms with Crippen LogP contribution in [0.4, 0.5) is 5.95 Å². The lowest BCUT2D eigenvalue weighted by Gasteiger charge is -2.29. The number of carbonyl (C=O) groups is 1. The fourth-order valence-electron chi connectivity index (χ4n) is 3.08. The first kappa shape index (κ1) is 16.9. The minimum Gasteiger partial charge on any atom is -0.279 e. The molecule has 2 aromatic rings. The Balaban J connectivity index is 1.75. The maximum Gasteiger partial charge on any atom is 0.251 e. The average molecular weight is 334 g/mol. The van der Waals surface area contributed by atoms with Crippen molar-refractivity contribution in [2.45, 2.75) is 25.7 Å². The quantitative estimate of drug-likeness (QED) is 0.845.